The molecule has 1 unspecified atom stereocenters. The molecule has 4 heteroatoms. The fourth-order valence-electron chi connectivity index (χ4n) is 1.47. The summed E-state index contributed by atoms with van der Waals surface area (Å²) in [5.41, 5.74) is 1.14. The van der Waals surface area contributed by atoms with Crippen LogP contribution in [0.2, 0.25) is 0 Å². The predicted molar refractivity (Wildman–Crippen MR) is 44.7 cm³/mol. The Morgan fingerprint density at radius 3 is 3.00 bits per heavy atom. The van der Waals surface area contributed by atoms with Crippen molar-refractivity contribution in [1.82, 2.24) is 10.2 Å². The molecule has 12 heavy (non-hydrogen) atoms. The van der Waals surface area contributed by atoms with Gasteiger partial charge in [0.15, 0.2) is 5.76 Å². The van der Waals surface area contributed by atoms with Crippen LogP contribution < -0.4 is 0 Å². The van der Waals surface area contributed by atoms with Gasteiger partial charge in [0.05, 0.1) is 6.20 Å². The van der Waals surface area contributed by atoms with Crippen molar-refractivity contribution in [1.29, 1.82) is 0 Å². The van der Waals surface area contributed by atoms with Crippen molar-refractivity contribution in [3.63, 3.8) is 0 Å². The zero-order valence-electron chi connectivity index (χ0n) is 7.19. The Balaban J connectivity index is 2.19. The van der Waals surface area contributed by atoms with Gasteiger partial charge in [0, 0.05) is 25.2 Å². The largest absolute Gasteiger partial charge is 0.359 e. The van der Waals surface area contributed by atoms with E-state index in [9.17, 15) is 0 Å². The van der Waals surface area contributed by atoms with E-state index >= 15 is 0 Å². The van der Waals surface area contributed by atoms with Crippen molar-refractivity contribution in [3.05, 3.63) is 18.0 Å². The minimum Gasteiger partial charge on any atom is -0.359 e. The van der Waals surface area contributed by atoms with Gasteiger partial charge in [0.2, 0.25) is 0 Å². The molecule has 0 aromatic carbocycles. The lowest BCUT2D eigenvalue weighted by Gasteiger charge is -2.14. The highest BCUT2D eigenvalue weighted by Crippen LogP contribution is 2.28. The molecule has 0 radical (unpaired) electrons. The lowest BCUT2D eigenvalue weighted by atomic mass is 10.1. The molecule has 0 amide bonds. The molecular formula is C8H11N3O. The number of rotatable bonds is 1. The van der Waals surface area contributed by atoms with Gasteiger partial charge in [-0.1, -0.05) is 5.16 Å². The zero-order valence-corrected chi connectivity index (χ0v) is 7.19. The topological polar surface area (TPSA) is 41.6 Å². The van der Waals surface area contributed by atoms with Gasteiger partial charge in [-0.05, 0) is 6.92 Å². The molecule has 0 saturated carbocycles. The summed E-state index contributed by atoms with van der Waals surface area (Å²) >= 11 is 0. The summed E-state index contributed by atoms with van der Waals surface area (Å²) in [5, 5.41) is 9.87. The molecule has 0 bridgehead atoms. The molecule has 1 atom stereocenters. The summed E-state index contributed by atoms with van der Waals surface area (Å²) in [6.45, 7) is 2.02. The van der Waals surface area contributed by atoms with Crippen molar-refractivity contribution in [3.8, 4) is 0 Å². The van der Waals surface area contributed by atoms with E-state index in [1.165, 1.54) is 0 Å². The summed E-state index contributed by atoms with van der Waals surface area (Å²) in [5.74, 6) is 0.887. The third kappa shape index (κ3) is 1.09. The van der Waals surface area contributed by atoms with Crippen LogP contribution in [0.1, 0.15) is 25.1 Å². The van der Waals surface area contributed by atoms with Crippen molar-refractivity contribution in [2.75, 3.05) is 7.05 Å². The lowest BCUT2D eigenvalue weighted by Crippen LogP contribution is -2.12. The van der Waals surface area contributed by atoms with Crippen molar-refractivity contribution in [2.45, 2.75) is 19.4 Å². The smallest absolute Gasteiger partial charge is 0.161 e. The maximum absolute atomic E-state index is 5.07. The summed E-state index contributed by atoms with van der Waals surface area (Å²) in [6.07, 6.45) is 2.60. The Morgan fingerprint density at radius 1 is 1.67 bits per heavy atom. The first-order chi connectivity index (χ1) is 5.77. The predicted octanol–water partition coefficient (Wildman–Crippen LogP) is 1.43. The van der Waals surface area contributed by atoms with Crippen LogP contribution in [-0.4, -0.2) is 22.9 Å². The number of nitrogens with zero attached hydrogens (tertiary/aromatic N) is 3. The maximum atomic E-state index is 5.07. The molecule has 1 aromatic heterocycles. The number of hydrogen-bond acceptors (Lipinski definition) is 4. The van der Waals surface area contributed by atoms with Gasteiger partial charge < -0.3 is 4.52 Å². The Kier molecular flexibility index (Phi) is 1.60. The van der Waals surface area contributed by atoms with E-state index < -0.39 is 0 Å². The van der Waals surface area contributed by atoms with Crippen molar-refractivity contribution >= 4 is 5.71 Å². The molecule has 2 rings (SSSR count). The monoisotopic (exact) mass is 165 g/mol. The molecule has 4 nitrogen and oxygen atoms in total. The zero-order chi connectivity index (χ0) is 8.55. The first kappa shape index (κ1) is 7.34. The average molecular weight is 165 g/mol. The molecule has 1 aliphatic rings. The van der Waals surface area contributed by atoms with Gasteiger partial charge in [0.1, 0.15) is 6.04 Å². The second-order valence-corrected chi connectivity index (χ2v) is 3.04. The molecule has 0 aliphatic carbocycles. The van der Waals surface area contributed by atoms with E-state index in [1.807, 2.05) is 25.0 Å². The van der Waals surface area contributed by atoms with E-state index in [0.717, 1.165) is 17.9 Å². The van der Waals surface area contributed by atoms with Crippen LogP contribution in [0.3, 0.4) is 0 Å². The van der Waals surface area contributed by atoms with Crippen LogP contribution in [0.15, 0.2) is 21.9 Å². The fraction of sp³-hybridized carbons (Fsp3) is 0.500. The number of hydrazone groups is 1. The third-order valence-corrected chi connectivity index (χ3v) is 2.05. The Hall–Kier alpha value is -1.32. The molecule has 2 heterocycles. The quantitative estimate of drug-likeness (QED) is 0.632. The molecule has 64 valence electrons. The van der Waals surface area contributed by atoms with Gasteiger partial charge in [-0.25, -0.2) is 0 Å². The van der Waals surface area contributed by atoms with Crippen molar-refractivity contribution < 1.29 is 4.52 Å². The van der Waals surface area contributed by atoms with E-state index in [1.54, 1.807) is 6.20 Å². The highest BCUT2D eigenvalue weighted by Gasteiger charge is 2.25. The fourth-order valence-corrected chi connectivity index (χ4v) is 1.47. The Bertz CT molecular complexity index is 291. The lowest BCUT2D eigenvalue weighted by molar-refractivity contribution is 0.233. The van der Waals surface area contributed by atoms with E-state index in [4.69, 9.17) is 4.52 Å². The molecule has 0 saturated heterocycles. The van der Waals surface area contributed by atoms with Gasteiger partial charge >= 0.3 is 0 Å². The van der Waals surface area contributed by atoms with Crippen LogP contribution in [0.4, 0.5) is 0 Å². The summed E-state index contributed by atoms with van der Waals surface area (Å²) < 4.78 is 5.07. The summed E-state index contributed by atoms with van der Waals surface area (Å²) in [6, 6.07) is 2.13. The Morgan fingerprint density at radius 2 is 2.50 bits per heavy atom. The first-order valence-electron chi connectivity index (χ1n) is 3.95. The van der Waals surface area contributed by atoms with E-state index in [0.29, 0.717) is 0 Å². The minimum atomic E-state index is 0.243. The molecule has 0 fully saturated rings. The minimum absolute atomic E-state index is 0.243. The second kappa shape index (κ2) is 2.62. The van der Waals surface area contributed by atoms with Gasteiger partial charge in [0.25, 0.3) is 0 Å². The highest BCUT2D eigenvalue weighted by atomic mass is 16.5. The van der Waals surface area contributed by atoms with Crippen molar-refractivity contribution in [2.24, 2.45) is 5.10 Å². The van der Waals surface area contributed by atoms with E-state index in [-0.39, 0.29) is 6.04 Å². The summed E-state index contributed by atoms with van der Waals surface area (Å²) in [4.78, 5) is 0. The summed E-state index contributed by atoms with van der Waals surface area (Å²) in [7, 11) is 1.95. The molecule has 0 N–H and O–H groups in total. The van der Waals surface area contributed by atoms with Crippen LogP contribution in [0.25, 0.3) is 0 Å². The average Bonchev–Trinajstić information content (AvgIpc) is 2.58. The standard InChI is InChI=1S/C8H11N3O/c1-6-5-7(11(2)10-6)8-3-4-9-12-8/h3-4,7H,5H2,1-2H3. The van der Waals surface area contributed by atoms with Gasteiger partial charge in [-0.15, -0.1) is 0 Å². The number of hydrogen-bond donors (Lipinski definition) is 0. The molecule has 1 aliphatic heterocycles. The van der Waals surface area contributed by atoms with E-state index in [2.05, 4.69) is 10.3 Å². The molecule has 0 spiro atoms. The van der Waals surface area contributed by atoms with Gasteiger partial charge in [-0.2, -0.15) is 5.10 Å². The maximum Gasteiger partial charge on any atom is 0.161 e. The van der Waals surface area contributed by atoms with Crippen LogP contribution in [0.5, 0.6) is 0 Å². The number of aromatic nitrogens is 1. The second-order valence-electron chi connectivity index (χ2n) is 3.04. The van der Waals surface area contributed by atoms with Crippen LogP contribution in [-0.2, 0) is 0 Å². The normalized spacial score (nSPS) is 23.0. The highest BCUT2D eigenvalue weighted by molar-refractivity contribution is 5.83. The Labute approximate surface area is 70.8 Å². The molecular weight excluding hydrogens is 154 g/mol. The van der Waals surface area contributed by atoms with Gasteiger partial charge in [-0.3, -0.25) is 5.01 Å². The molecule has 1 aromatic rings. The van der Waals surface area contributed by atoms with Crippen LogP contribution in [0, 0.1) is 0 Å². The van der Waals surface area contributed by atoms with Crippen LogP contribution >= 0.6 is 0 Å². The first-order valence-corrected chi connectivity index (χ1v) is 3.95. The third-order valence-electron chi connectivity index (χ3n) is 2.05. The SMILES string of the molecule is CC1=NN(C)C(c2ccno2)C1.